The van der Waals surface area contributed by atoms with Crippen molar-refractivity contribution < 1.29 is 29.0 Å². The summed E-state index contributed by atoms with van der Waals surface area (Å²) in [7, 11) is 1.49. The molecule has 3 aromatic rings. The molecule has 0 aliphatic carbocycles. The van der Waals surface area contributed by atoms with Gasteiger partial charge in [0.05, 0.1) is 18.4 Å². The van der Waals surface area contributed by atoms with E-state index in [-0.39, 0.29) is 17.7 Å². The van der Waals surface area contributed by atoms with Gasteiger partial charge in [0.2, 0.25) is 0 Å². The number of aromatic carboxylic acids is 1. The summed E-state index contributed by atoms with van der Waals surface area (Å²) < 4.78 is 11.2. The van der Waals surface area contributed by atoms with Crippen LogP contribution in [0.4, 0.5) is 5.69 Å². The molecule has 0 saturated carbocycles. The fourth-order valence-corrected chi connectivity index (χ4v) is 3.28. The summed E-state index contributed by atoms with van der Waals surface area (Å²) in [5.74, 6) is -1.04. The fraction of sp³-hybridized carbons (Fsp3) is 0.0800. The van der Waals surface area contributed by atoms with E-state index < -0.39 is 17.8 Å². The molecule has 1 aliphatic rings. The Labute approximate surface area is 189 Å². The highest BCUT2D eigenvalue weighted by atomic mass is 16.5. The van der Waals surface area contributed by atoms with Gasteiger partial charge >= 0.3 is 5.97 Å². The molecular weight excluding hydrogens is 424 g/mol. The van der Waals surface area contributed by atoms with Crippen molar-refractivity contribution in [1.82, 2.24) is 5.43 Å². The molecule has 33 heavy (non-hydrogen) atoms. The van der Waals surface area contributed by atoms with Crippen molar-refractivity contribution in [2.24, 2.45) is 0 Å². The second-order valence-corrected chi connectivity index (χ2v) is 7.18. The van der Waals surface area contributed by atoms with Crippen LogP contribution >= 0.6 is 0 Å². The van der Waals surface area contributed by atoms with Gasteiger partial charge in [-0.15, -0.1) is 0 Å². The molecule has 1 fully saturated rings. The monoisotopic (exact) mass is 444 g/mol. The highest BCUT2D eigenvalue weighted by Gasteiger charge is 2.34. The summed E-state index contributed by atoms with van der Waals surface area (Å²) in [5, 5.41) is 10.2. The van der Waals surface area contributed by atoms with Crippen LogP contribution in [0.3, 0.4) is 0 Å². The Balaban J connectivity index is 1.50. The highest BCUT2D eigenvalue weighted by molar-refractivity contribution is 6.31. The molecular formula is C25H20N2O6. The molecule has 1 heterocycles. The third kappa shape index (κ3) is 4.69. The summed E-state index contributed by atoms with van der Waals surface area (Å²) in [5.41, 5.74) is 4.73. The molecule has 1 saturated heterocycles. The second kappa shape index (κ2) is 9.27. The topological polar surface area (TPSA) is 105 Å². The zero-order valence-electron chi connectivity index (χ0n) is 17.6. The summed E-state index contributed by atoms with van der Waals surface area (Å²) in [4.78, 5) is 36.1. The number of benzene rings is 3. The van der Waals surface area contributed by atoms with Crippen molar-refractivity contribution in [1.29, 1.82) is 0 Å². The average Bonchev–Trinajstić information content (AvgIpc) is 3.12. The number of carbonyl (C=O) groups is 3. The quantitative estimate of drug-likeness (QED) is 0.427. The number of ether oxygens (including phenoxy) is 2. The minimum atomic E-state index is -0.991. The van der Waals surface area contributed by atoms with Gasteiger partial charge < -0.3 is 14.6 Å². The van der Waals surface area contributed by atoms with Gasteiger partial charge in [0, 0.05) is 0 Å². The van der Waals surface area contributed by atoms with E-state index >= 15 is 0 Å². The van der Waals surface area contributed by atoms with E-state index in [1.54, 1.807) is 54.6 Å². The predicted octanol–water partition coefficient (Wildman–Crippen LogP) is 3.43. The lowest BCUT2D eigenvalue weighted by atomic mass is 10.1. The van der Waals surface area contributed by atoms with Gasteiger partial charge in [0.15, 0.2) is 11.5 Å². The Bertz CT molecular complexity index is 1240. The third-order valence-corrected chi connectivity index (χ3v) is 5.00. The fourth-order valence-electron chi connectivity index (χ4n) is 3.28. The van der Waals surface area contributed by atoms with Crippen molar-refractivity contribution in [2.75, 3.05) is 12.1 Å². The molecule has 4 rings (SSSR count). The lowest BCUT2D eigenvalue weighted by Gasteiger charge is -2.14. The zero-order valence-corrected chi connectivity index (χ0v) is 17.6. The van der Waals surface area contributed by atoms with Crippen LogP contribution < -0.4 is 19.9 Å². The van der Waals surface area contributed by atoms with Crippen LogP contribution in [-0.2, 0) is 16.2 Å². The highest BCUT2D eigenvalue weighted by Crippen LogP contribution is 2.30. The van der Waals surface area contributed by atoms with Gasteiger partial charge in [0.25, 0.3) is 11.8 Å². The van der Waals surface area contributed by atoms with Gasteiger partial charge in [0.1, 0.15) is 12.2 Å². The van der Waals surface area contributed by atoms with Crippen LogP contribution in [0.25, 0.3) is 6.08 Å². The Morgan fingerprint density at radius 1 is 1.00 bits per heavy atom. The van der Waals surface area contributed by atoms with E-state index in [2.05, 4.69) is 5.43 Å². The minimum Gasteiger partial charge on any atom is -0.493 e. The zero-order chi connectivity index (χ0) is 23.4. The number of hydrogen-bond donors (Lipinski definition) is 2. The van der Waals surface area contributed by atoms with E-state index in [1.165, 1.54) is 30.3 Å². The van der Waals surface area contributed by atoms with Gasteiger partial charge in [-0.2, -0.15) is 0 Å². The first kappa shape index (κ1) is 21.6. The molecule has 0 radical (unpaired) electrons. The molecule has 0 unspecified atom stereocenters. The van der Waals surface area contributed by atoms with Gasteiger partial charge in [-0.3, -0.25) is 15.0 Å². The van der Waals surface area contributed by atoms with E-state index in [0.717, 1.165) is 5.56 Å². The Hall–Kier alpha value is -4.59. The number of methoxy groups -OCH3 is 1. The molecule has 3 aromatic carbocycles. The van der Waals surface area contributed by atoms with Crippen molar-refractivity contribution >= 4 is 29.5 Å². The number of carbonyl (C=O) groups excluding carboxylic acids is 2. The van der Waals surface area contributed by atoms with E-state index in [1.807, 2.05) is 6.07 Å². The molecule has 1 aliphatic heterocycles. The molecule has 0 bridgehead atoms. The lowest BCUT2D eigenvalue weighted by molar-refractivity contribution is -0.117. The van der Waals surface area contributed by atoms with Crippen LogP contribution in [0.15, 0.2) is 78.4 Å². The Morgan fingerprint density at radius 2 is 1.73 bits per heavy atom. The normalized spacial score (nSPS) is 14.3. The summed E-state index contributed by atoms with van der Waals surface area (Å²) in [6.45, 7) is 0.212. The van der Waals surface area contributed by atoms with Crippen LogP contribution in [0.1, 0.15) is 21.5 Å². The van der Waals surface area contributed by atoms with Crippen LogP contribution in [0.5, 0.6) is 11.5 Å². The molecule has 8 heteroatoms. The number of anilines is 1. The first-order valence-corrected chi connectivity index (χ1v) is 10.0. The molecule has 0 atom stereocenters. The molecule has 2 amide bonds. The van der Waals surface area contributed by atoms with Gasteiger partial charge in [-0.05, 0) is 53.6 Å². The number of nitrogens with zero attached hydrogens (tertiary/aromatic N) is 1. The predicted molar refractivity (Wildman–Crippen MR) is 121 cm³/mol. The van der Waals surface area contributed by atoms with Crippen LogP contribution in [-0.4, -0.2) is 30.0 Å². The molecule has 2 N–H and O–H groups in total. The molecule has 166 valence electrons. The van der Waals surface area contributed by atoms with Crippen LogP contribution in [0, 0.1) is 0 Å². The number of carboxylic acid groups (broad SMARTS) is 1. The molecule has 8 nitrogen and oxygen atoms in total. The lowest BCUT2D eigenvalue weighted by Crippen LogP contribution is -2.35. The number of nitrogens with one attached hydrogen (secondary N) is 1. The largest absolute Gasteiger partial charge is 0.493 e. The Kier molecular flexibility index (Phi) is 6.08. The van der Waals surface area contributed by atoms with Crippen molar-refractivity contribution in [3.8, 4) is 11.5 Å². The molecule has 0 spiro atoms. The maximum atomic E-state index is 12.7. The smallest absolute Gasteiger partial charge is 0.335 e. The number of rotatable bonds is 7. The van der Waals surface area contributed by atoms with Gasteiger partial charge in [-0.25, -0.2) is 9.80 Å². The average molecular weight is 444 g/mol. The number of para-hydroxylation sites is 1. The number of hydrogen-bond acceptors (Lipinski definition) is 5. The van der Waals surface area contributed by atoms with Crippen LogP contribution in [0.2, 0.25) is 0 Å². The number of carboxylic acids is 1. The third-order valence-electron chi connectivity index (χ3n) is 5.00. The van der Waals surface area contributed by atoms with Crippen molar-refractivity contribution in [3.05, 3.63) is 95.1 Å². The van der Waals surface area contributed by atoms with E-state index in [4.69, 9.17) is 14.6 Å². The minimum absolute atomic E-state index is 0.00750. The standard InChI is InChI=1S/C25H20N2O6/c1-32-22-14-17(9-12-21(22)33-15-16-7-10-18(11-8-16)25(30)31)13-20-23(28)26-27(24(20)29)19-5-3-2-4-6-19/h2-14H,15H2,1H3,(H,26,28)(H,30,31)/b20-13+. The summed E-state index contributed by atoms with van der Waals surface area (Å²) in [6.07, 6.45) is 1.50. The molecule has 0 aromatic heterocycles. The van der Waals surface area contributed by atoms with Crippen molar-refractivity contribution in [2.45, 2.75) is 6.61 Å². The number of hydrazine groups is 1. The van der Waals surface area contributed by atoms with E-state index in [0.29, 0.717) is 22.7 Å². The maximum Gasteiger partial charge on any atom is 0.335 e. The summed E-state index contributed by atoms with van der Waals surface area (Å²) >= 11 is 0. The SMILES string of the molecule is COc1cc(/C=C2\C(=O)NN(c3ccccc3)C2=O)ccc1OCc1ccc(C(=O)O)cc1. The second-order valence-electron chi connectivity index (χ2n) is 7.18. The van der Waals surface area contributed by atoms with E-state index in [9.17, 15) is 14.4 Å². The number of amides is 2. The first-order chi connectivity index (χ1) is 16.0. The van der Waals surface area contributed by atoms with Crippen molar-refractivity contribution in [3.63, 3.8) is 0 Å². The maximum absolute atomic E-state index is 12.7. The van der Waals surface area contributed by atoms with Gasteiger partial charge in [-0.1, -0.05) is 36.4 Å². The first-order valence-electron chi connectivity index (χ1n) is 10.0. The Morgan fingerprint density at radius 3 is 2.39 bits per heavy atom. The summed E-state index contributed by atoms with van der Waals surface area (Å²) in [6, 6.07) is 20.3.